The quantitative estimate of drug-likeness (QED) is 0.709. The summed E-state index contributed by atoms with van der Waals surface area (Å²) in [7, 11) is 3.74. The summed E-state index contributed by atoms with van der Waals surface area (Å²) in [6, 6.07) is 0. The van der Waals surface area contributed by atoms with Gasteiger partial charge in [-0.2, -0.15) is 4.98 Å². The van der Waals surface area contributed by atoms with Crippen molar-refractivity contribution in [1.29, 1.82) is 0 Å². The van der Waals surface area contributed by atoms with Crippen molar-refractivity contribution < 1.29 is 9.26 Å². The molecule has 0 amide bonds. The molecule has 1 aliphatic rings. The molecule has 78 valence electrons. The summed E-state index contributed by atoms with van der Waals surface area (Å²) in [5, 5.41) is 7.03. The summed E-state index contributed by atoms with van der Waals surface area (Å²) in [6.07, 6.45) is -0.107. The van der Waals surface area contributed by atoms with Gasteiger partial charge in [-0.1, -0.05) is 0 Å². The molecule has 1 atom stereocenters. The highest BCUT2D eigenvalue weighted by Gasteiger charge is 2.22. The fourth-order valence-corrected chi connectivity index (χ4v) is 1.26. The van der Waals surface area contributed by atoms with Crippen molar-refractivity contribution in [2.45, 2.75) is 6.10 Å². The molecule has 0 aromatic carbocycles. The zero-order chi connectivity index (χ0) is 9.97. The van der Waals surface area contributed by atoms with Gasteiger partial charge in [0.1, 0.15) is 6.10 Å². The first-order chi connectivity index (χ1) is 6.77. The minimum absolute atomic E-state index is 0.107. The van der Waals surface area contributed by atoms with Crippen LogP contribution in [0.4, 0.5) is 5.95 Å². The summed E-state index contributed by atoms with van der Waals surface area (Å²) in [5.41, 5.74) is 0. The summed E-state index contributed by atoms with van der Waals surface area (Å²) < 4.78 is 10.6. The number of morpholine rings is 1. The Hall–Kier alpha value is -1.14. The zero-order valence-electron chi connectivity index (χ0n) is 8.36. The number of nitrogens with zero attached hydrogens (tertiary/aromatic N) is 3. The van der Waals surface area contributed by atoms with Gasteiger partial charge < -0.3 is 19.5 Å². The molecule has 2 rings (SSSR count). The van der Waals surface area contributed by atoms with E-state index in [1.165, 1.54) is 0 Å². The molecule has 1 aliphatic heterocycles. The van der Waals surface area contributed by atoms with Crippen LogP contribution in [0.5, 0.6) is 0 Å². The molecular formula is C8H14N4O2. The standard InChI is InChI=1S/C8H14N4O2/c1-12(2)8-10-7(14-11-8)6-5-9-3-4-13-6/h6,9H,3-5H2,1-2H3/t6-/m1/s1. The lowest BCUT2D eigenvalue weighted by Gasteiger charge is -2.19. The van der Waals surface area contributed by atoms with E-state index >= 15 is 0 Å². The third-order valence-corrected chi connectivity index (χ3v) is 2.03. The van der Waals surface area contributed by atoms with Crippen LogP contribution < -0.4 is 10.2 Å². The second kappa shape index (κ2) is 3.93. The number of aromatic nitrogens is 2. The summed E-state index contributed by atoms with van der Waals surface area (Å²) in [6.45, 7) is 2.30. The maximum absolute atomic E-state index is 5.48. The molecular weight excluding hydrogens is 184 g/mol. The van der Waals surface area contributed by atoms with Crippen molar-refractivity contribution in [3.05, 3.63) is 5.89 Å². The maximum atomic E-state index is 5.48. The molecule has 0 aliphatic carbocycles. The van der Waals surface area contributed by atoms with E-state index in [4.69, 9.17) is 9.26 Å². The van der Waals surface area contributed by atoms with E-state index in [9.17, 15) is 0 Å². The highest BCUT2D eigenvalue weighted by Crippen LogP contribution is 2.18. The first-order valence-electron chi connectivity index (χ1n) is 4.60. The predicted octanol–water partition coefficient (Wildman–Crippen LogP) is -0.204. The van der Waals surface area contributed by atoms with E-state index in [2.05, 4.69) is 15.5 Å². The van der Waals surface area contributed by atoms with Gasteiger partial charge in [0.2, 0.25) is 0 Å². The normalized spacial score (nSPS) is 22.3. The lowest BCUT2D eigenvalue weighted by molar-refractivity contribution is 0.00755. The largest absolute Gasteiger partial charge is 0.366 e. The van der Waals surface area contributed by atoms with Crippen LogP contribution in [0, 0.1) is 0 Å². The monoisotopic (exact) mass is 198 g/mol. The van der Waals surface area contributed by atoms with Crippen molar-refractivity contribution >= 4 is 5.95 Å². The third-order valence-electron chi connectivity index (χ3n) is 2.03. The predicted molar refractivity (Wildman–Crippen MR) is 50.2 cm³/mol. The van der Waals surface area contributed by atoms with Crippen LogP contribution in [0.1, 0.15) is 12.0 Å². The van der Waals surface area contributed by atoms with Crippen molar-refractivity contribution in [1.82, 2.24) is 15.5 Å². The number of anilines is 1. The minimum atomic E-state index is -0.107. The van der Waals surface area contributed by atoms with Gasteiger partial charge in [0, 0.05) is 27.2 Å². The Kier molecular flexibility index (Phi) is 2.64. The van der Waals surface area contributed by atoms with Crippen molar-refractivity contribution in [3.8, 4) is 0 Å². The van der Waals surface area contributed by atoms with Crippen molar-refractivity contribution in [2.75, 3.05) is 38.7 Å². The maximum Gasteiger partial charge on any atom is 0.265 e. The number of hydrogen-bond acceptors (Lipinski definition) is 6. The van der Waals surface area contributed by atoms with Gasteiger partial charge >= 0.3 is 0 Å². The summed E-state index contributed by atoms with van der Waals surface area (Å²) in [5.74, 6) is 1.12. The smallest absolute Gasteiger partial charge is 0.265 e. The molecule has 1 aromatic rings. The molecule has 2 heterocycles. The molecule has 1 fully saturated rings. The lowest BCUT2D eigenvalue weighted by Crippen LogP contribution is -2.33. The molecule has 0 unspecified atom stereocenters. The van der Waals surface area contributed by atoms with Crippen LogP contribution >= 0.6 is 0 Å². The lowest BCUT2D eigenvalue weighted by atomic mass is 10.3. The van der Waals surface area contributed by atoms with Crippen LogP contribution in [0.15, 0.2) is 4.52 Å². The summed E-state index contributed by atoms with van der Waals surface area (Å²) in [4.78, 5) is 6.01. The average Bonchev–Trinajstić information content (AvgIpc) is 2.68. The second-order valence-corrected chi connectivity index (χ2v) is 3.39. The molecule has 0 saturated carbocycles. The zero-order valence-corrected chi connectivity index (χ0v) is 8.36. The molecule has 0 radical (unpaired) electrons. The second-order valence-electron chi connectivity index (χ2n) is 3.39. The first-order valence-corrected chi connectivity index (χ1v) is 4.60. The van der Waals surface area contributed by atoms with Crippen LogP contribution in [0.2, 0.25) is 0 Å². The molecule has 14 heavy (non-hydrogen) atoms. The SMILES string of the molecule is CN(C)c1noc([C@H]2CNCCO2)n1. The van der Waals surface area contributed by atoms with Gasteiger partial charge in [-0.3, -0.25) is 0 Å². The Labute approximate surface area is 82.2 Å². The Morgan fingerprint density at radius 2 is 2.36 bits per heavy atom. The minimum Gasteiger partial charge on any atom is -0.366 e. The molecule has 6 nitrogen and oxygen atoms in total. The number of hydrogen-bond donors (Lipinski definition) is 1. The number of ether oxygens (including phenoxy) is 1. The Morgan fingerprint density at radius 3 is 2.93 bits per heavy atom. The van der Waals surface area contributed by atoms with Crippen molar-refractivity contribution in [3.63, 3.8) is 0 Å². The Morgan fingerprint density at radius 1 is 1.50 bits per heavy atom. The van der Waals surface area contributed by atoms with E-state index in [-0.39, 0.29) is 6.10 Å². The molecule has 1 aromatic heterocycles. The molecule has 6 heteroatoms. The van der Waals surface area contributed by atoms with Gasteiger partial charge in [0.25, 0.3) is 11.8 Å². The Balaban J connectivity index is 2.07. The fourth-order valence-electron chi connectivity index (χ4n) is 1.26. The molecule has 0 spiro atoms. The van der Waals surface area contributed by atoms with E-state index in [1.54, 1.807) is 4.90 Å². The summed E-state index contributed by atoms with van der Waals surface area (Å²) >= 11 is 0. The van der Waals surface area contributed by atoms with Gasteiger partial charge in [0.15, 0.2) is 0 Å². The highest BCUT2D eigenvalue weighted by atomic mass is 16.5. The fraction of sp³-hybridized carbons (Fsp3) is 0.750. The van der Waals surface area contributed by atoms with Gasteiger partial charge in [-0.15, -0.1) is 0 Å². The van der Waals surface area contributed by atoms with E-state index in [0.717, 1.165) is 13.1 Å². The first kappa shape index (κ1) is 9.42. The van der Waals surface area contributed by atoms with Crippen LogP contribution in [-0.2, 0) is 4.74 Å². The number of nitrogens with one attached hydrogen (secondary N) is 1. The van der Waals surface area contributed by atoms with E-state index in [1.807, 2.05) is 14.1 Å². The van der Waals surface area contributed by atoms with Gasteiger partial charge in [-0.05, 0) is 5.16 Å². The van der Waals surface area contributed by atoms with Gasteiger partial charge in [0.05, 0.1) is 6.61 Å². The topological polar surface area (TPSA) is 63.4 Å². The Bertz CT molecular complexity index is 293. The van der Waals surface area contributed by atoms with Crippen LogP contribution in [-0.4, -0.2) is 43.9 Å². The molecule has 1 saturated heterocycles. The number of rotatable bonds is 2. The van der Waals surface area contributed by atoms with Gasteiger partial charge in [-0.25, -0.2) is 0 Å². The van der Waals surface area contributed by atoms with Crippen LogP contribution in [0.3, 0.4) is 0 Å². The van der Waals surface area contributed by atoms with E-state index < -0.39 is 0 Å². The molecule has 1 N–H and O–H groups in total. The average molecular weight is 198 g/mol. The highest BCUT2D eigenvalue weighted by molar-refractivity contribution is 5.24. The molecule has 0 bridgehead atoms. The third kappa shape index (κ3) is 1.85. The van der Waals surface area contributed by atoms with E-state index in [0.29, 0.717) is 18.4 Å². The van der Waals surface area contributed by atoms with Crippen LogP contribution in [0.25, 0.3) is 0 Å². The van der Waals surface area contributed by atoms with Crippen molar-refractivity contribution in [2.24, 2.45) is 0 Å².